The molecular formula is C13H12BrNOS2. The predicted molar refractivity (Wildman–Crippen MR) is 81.5 cm³/mol. The first kappa shape index (κ1) is 13.6. The van der Waals surface area contributed by atoms with Gasteiger partial charge >= 0.3 is 0 Å². The number of amides is 1. The molecule has 0 aliphatic rings. The van der Waals surface area contributed by atoms with Crippen LogP contribution in [0.15, 0.2) is 50.5 Å². The maximum absolute atomic E-state index is 11.7. The van der Waals surface area contributed by atoms with Gasteiger partial charge in [0.05, 0.1) is 9.35 Å². The molecule has 2 aromatic rings. The highest BCUT2D eigenvalue weighted by Crippen LogP contribution is 2.20. The van der Waals surface area contributed by atoms with Crippen LogP contribution in [-0.2, 0) is 0 Å². The zero-order chi connectivity index (χ0) is 12.8. The van der Waals surface area contributed by atoms with Crippen LogP contribution in [0.4, 0.5) is 0 Å². The molecule has 0 radical (unpaired) electrons. The van der Waals surface area contributed by atoms with Crippen molar-refractivity contribution in [2.75, 3.05) is 12.3 Å². The fraction of sp³-hybridized carbons (Fsp3) is 0.154. The quantitative estimate of drug-likeness (QED) is 0.657. The van der Waals surface area contributed by atoms with E-state index in [2.05, 4.69) is 33.4 Å². The maximum Gasteiger partial charge on any atom is 0.252 e. The van der Waals surface area contributed by atoms with Crippen molar-refractivity contribution < 1.29 is 4.79 Å². The molecule has 5 heteroatoms. The van der Waals surface area contributed by atoms with Crippen LogP contribution in [0.5, 0.6) is 0 Å². The second-order valence-electron chi connectivity index (χ2n) is 3.56. The van der Waals surface area contributed by atoms with Gasteiger partial charge in [-0.3, -0.25) is 4.79 Å². The monoisotopic (exact) mass is 341 g/mol. The van der Waals surface area contributed by atoms with Crippen molar-refractivity contribution in [2.24, 2.45) is 0 Å². The van der Waals surface area contributed by atoms with Crippen LogP contribution in [0.1, 0.15) is 10.4 Å². The zero-order valence-corrected chi connectivity index (χ0v) is 12.8. The molecule has 0 saturated heterocycles. The molecule has 0 saturated carbocycles. The van der Waals surface area contributed by atoms with E-state index in [0.717, 1.165) is 15.1 Å². The number of rotatable bonds is 5. The van der Waals surface area contributed by atoms with Crippen molar-refractivity contribution in [3.8, 4) is 0 Å². The minimum Gasteiger partial charge on any atom is -0.351 e. The summed E-state index contributed by atoms with van der Waals surface area (Å²) in [7, 11) is 0. The maximum atomic E-state index is 11.7. The molecule has 1 aromatic carbocycles. The minimum atomic E-state index is -0.00869. The van der Waals surface area contributed by atoms with Gasteiger partial charge in [0, 0.05) is 22.6 Å². The van der Waals surface area contributed by atoms with E-state index < -0.39 is 0 Å². The zero-order valence-electron chi connectivity index (χ0n) is 9.56. The fourth-order valence-corrected chi connectivity index (χ4v) is 3.31. The van der Waals surface area contributed by atoms with Gasteiger partial charge in [0.25, 0.3) is 5.91 Å². The molecule has 2 rings (SSSR count). The van der Waals surface area contributed by atoms with E-state index in [1.807, 2.05) is 29.6 Å². The summed E-state index contributed by atoms with van der Waals surface area (Å²) in [6.45, 7) is 0.672. The van der Waals surface area contributed by atoms with E-state index in [-0.39, 0.29) is 5.91 Å². The van der Waals surface area contributed by atoms with Crippen molar-refractivity contribution in [3.63, 3.8) is 0 Å². The van der Waals surface area contributed by atoms with Gasteiger partial charge in [-0.1, -0.05) is 18.2 Å². The first-order chi connectivity index (χ1) is 8.75. The number of hydrogen-bond acceptors (Lipinski definition) is 3. The largest absolute Gasteiger partial charge is 0.351 e. The van der Waals surface area contributed by atoms with Gasteiger partial charge in [0.1, 0.15) is 0 Å². The van der Waals surface area contributed by atoms with E-state index in [0.29, 0.717) is 6.54 Å². The van der Waals surface area contributed by atoms with Crippen molar-refractivity contribution >= 4 is 44.9 Å². The number of carbonyl (C=O) groups is 1. The number of hydrogen-bond donors (Lipinski definition) is 1. The van der Waals surface area contributed by atoms with Crippen LogP contribution in [0.25, 0.3) is 0 Å². The summed E-state index contributed by atoms with van der Waals surface area (Å²) in [5.41, 5.74) is 0.719. The van der Waals surface area contributed by atoms with Crippen molar-refractivity contribution in [3.05, 3.63) is 51.1 Å². The number of nitrogens with one attached hydrogen (secondary N) is 1. The summed E-state index contributed by atoms with van der Waals surface area (Å²) in [4.78, 5) is 13.0. The Hall–Kier alpha value is -0.780. The van der Waals surface area contributed by atoms with Gasteiger partial charge in [-0.05, 0) is 34.1 Å². The standard InChI is InChI=1S/C13H12BrNOS2/c14-12-8-10(9-18-12)13(16)15-6-7-17-11-4-2-1-3-5-11/h1-5,8-9H,6-7H2,(H,15,16). The molecule has 94 valence electrons. The lowest BCUT2D eigenvalue weighted by Crippen LogP contribution is -2.25. The topological polar surface area (TPSA) is 29.1 Å². The molecule has 2 nitrogen and oxygen atoms in total. The Morgan fingerprint density at radius 1 is 1.33 bits per heavy atom. The molecule has 0 fully saturated rings. The minimum absolute atomic E-state index is 0.00869. The lowest BCUT2D eigenvalue weighted by molar-refractivity contribution is 0.0956. The number of benzene rings is 1. The molecule has 0 spiro atoms. The summed E-state index contributed by atoms with van der Waals surface area (Å²) in [6, 6.07) is 12.0. The van der Waals surface area contributed by atoms with Crippen LogP contribution in [0, 0.1) is 0 Å². The Labute approximate surface area is 123 Å². The summed E-state index contributed by atoms with van der Waals surface area (Å²) in [5.74, 6) is 0.867. The van der Waals surface area contributed by atoms with Gasteiger partial charge in [0.2, 0.25) is 0 Å². The third-order valence-electron chi connectivity index (χ3n) is 2.23. The predicted octanol–water partition coefficient (Wildman–Crippen LogP) is 4.03. The Morgan fingerprint density at radius 3 is 2.78 bits per heavy atom. The molecule has 0 bridgehead atoms. The Balaban J connectivity index is 1.71. The summed E-state index contributed by atoms with van der Waals surface area (Å²) < 4.78 is 0.978. The highest BCUT2D eigenvalue weighted by atomic mass is 79.9. The SMILES string of the molecule is O=C(NCCSc1ccccc1)c1csc(Br)c1. The fourth-order valence-electron chi connectivity index (χ4n) is 1.38. The molecule has 1 amide bonds. The van der Waals surface area contributed by atoms with E-state index in [1.165, 1.54) is 16.2 Å². The van der Waals surface area contributed by atoms with Crippen LogP contribution >= 0.6 is 39.0 Å². The van der Waals surface area contributed by atoms with Gasteiger partial charge in [-0.2, -0.15) is 0 Å². The van der Waals surface area contributed by atoms with E-state index in [4.69, 9.17) is 0 Å². The average Bonchev–Trinajstić information content (AvgIpc) is 2.82. The summed E-state index contributed by atoms with van der Waals surface area (Å²) in [6.07, 6.45) is 0. The van der Waals surface area contributed by atoms with Crippen LogP contribution < -0.4 is 5.32 Å². The Morgan fingerprint density at radius 2 is 2.11 bits per heavy atom. The van der Waals surface area contributed by atoms with E-state index in [1.54, 1.807) is 11.8 Å². The van der Waals surface area contributed by atoms with Crippen LogP contribution in [0.3, 0.4) is 0 Å². The number of halogens is 1. The van der Waals surface area contributed by atoms with Gasteiger partial charge in [-0.25, -0.2) is 0 Å². The Bertz CT molecular complexity index is 513. The molecule has 1 aromatic heterocycles. The molecule has 1 N–H and O–H groups in total. The van der Waals surface area contributed by atoms with Crippen molar-refractivity contribution in [2.45, 2.75) is 4.90 Å². The smallest absolute Gasteiger partial charge is 0.252 e. The first-order valence-corrected chi connectivity index (χ1v) is 8.11. The number of carbonyl (C=O) groups excluding carboxylic acids is 1. The molecule has 0 aliphatic heterocycles. The third-order valence-corrected chi connectivity index (χ3v) is 4.75. The molecule has 18 heavy (non-hydrogen) atoms. The lowest BCUT2D eigenvalue weighted by atomic mass is 10.3. The van der Waals surface area contributed by atoms with Gasteiger partial charge < -0.3 is 5.32 Å². The van der Waals surface area contributed by atoms with Crippen LogP contribution in [-0.4, -0.2) is 18.2 Å². The van der Waals surface area contributed by atoms with E-state index >= 15 is 0 Å². The van der Waals surface area contributed by atoms with Gasteiger partial charge in [-0.15, -0.1) is 23.1 Å². The Kier molecular flexibility index (Phi) is 5.28. The second-order valence-corrected chi connectivity index (χ2v) is 7.02. The average molecular weight is 342 g/mol. The molecule has 0 atom stereocenters. The lowest BCUT2D eigenvalue weighted by Gasteiger charge is -2.03. The van der Waals surface area contributed by atoms with E-state index in [9.17, 15) is 4.79 Å². The van der Waals surface area contributed by atoms with Gasteiger partial charge in [0.15, 0.2) is 0 Å². The van der Waals surface area contributed by atoms with Crippen molar-refractivity contribution in [1.82, 2.24) is 5.32 Å². The molecule has 0 aliphatic carbocycles. The molecular weight excluding hydrogens is 330 g/mol. The van der Waals surface area contributed by atoms with Crippen molar-refractivity contribution in [1.29, 1.82) is 0 Å². The third kappa shape index (κ3) is 4.15. The summed E-state index contributed by atoms with van der Waals surface area (Å²) in [5, 5.41) is 4.76. The molecule has 0 unspecified atom stereocenters. The first-order valence-electron chi connectivity index (χ1n) is 5.46. The highest BCUT2D eigenvalue weighted by Gasteiger charge is 2.06. The van der Waals surface area contributed by atoms with Crippen LogP contribution in [0.2, 0.25) is 0 Å². The summed E-state index contributed by atoms with van der Waals surface area (Å²) >= 11 is 6.61. The number of thioether (sulfide) groups is 1. The number of thiophene rings is 1. The normalized spacial score (nSPS) is 10.3. The second kappa shape index (κ2) is 6.97. The molecule has 1 heterocycles. The highest BCUT2D eigenvalue weighted by molar-refractivity contribution is 9.11.